The Kier molecular flexibility index (Phi) is 3.29. The summed E-state index contributed by atoms with van der Waals surface area (Å²) in [5.74, 6) is 1.03. The van der Waals surface area contributed by atoms with Gasteiger partial charge in [-0.15, -0.1) is 0 Å². The van der Waals surface area contributed by atoms with Crippen LogP contribution in [0.25, 0.3) is 0 Å². The molecule has 0 bridgehead atoms. The monoisotopic (exact) mass is 167 g/mol. The van der Waals surface area contributed by atoms with E-state index in [0.717, 1.165) is 25.5 Å². The summed E-state index contributed by atoms with van der Waals surface area (Å²) < 4.78 is 0. The first-order chi connectivity index (χ1) is 5.74. The highest BCUT2D eigenvalue weighted by molar-refractivity contribution is 5.85. The predicted molar refractivity (Wildman–Crippen MR) is 52.3 cm³/mol. The summed E-state index contributed by atoms with van der Waals surface area (Å²) in [6.07, 6.45) is 1.68. The van der Waals surface area contributed by atoms with Crippen LogP contribution in [0.5, 0.6) is 0 Å². The Bertz CT molecular complexity index is 184. The second-order valence-electron chi connectivity index (χ2n) is 3.24. The van der Waals surface area contributed by atoms with Gasteiger partial charge in [0, 0.05) is 12.6 Å². The van der Waals surface area contributed by atoms with E-state index in [2.05, 4.69) is 35.6 Å². The number of nitrogens with one attached hydrogen (secondary N) is 1. The largest absolute Gasteiger partial charge is 0.350 e. The second kappa shape index (κ2) is 4.26. The van der Waals surface area contributed by atoms with E-state index >= 15 is 0 Å². The van der Waals surface area contributed by atoms with Crippen molar-refractivity contribution >= 4 is 5.84 Å². The predicted octanol–water partition coefficient (Wildman–Crippen LogP) is 0.842. The smallest absolute Gasteiger partial charge is 0.115 e. The fraction of sp³-hybridized carbons (Fsp3) is 0.667. The van der Waals surface area contributed by atoms with Crippen molar-refractivity contribution in [2.24, 2.45) is 4.99 Å². The van der Waals surface area contributed by atoms with Crippen LogP contribution in [-0.2, 0) is 0 Å². The highest BCUT2D eigenvalue weighted by Crippen LogP contribution is 2.01. The molecule has 3 nitrogen and oxygen atoms in total. The molecule has 12 heavy (non-hydrogen) atoms. The number of hydrogen-bond donors (Lipinski definition) is 1. The molecule has 0 aromatic carbocycles. The van der Waals surface area contributed by atoms with Crippen molar-refractivity contribution in [3.63, 3.8) is 0 Å². The summed E-state index contributed by atoms with van der Waals surface area (Å²) in [6, 6.07) is 0.599. The van der Waals surface area contributed by atoms with Gasteiger partial charge in [0.25, 0.3) is 0 Å². The molecule has 1 aliphatic rings. The molecule has 0 saturated heterocycles. The minimum absolute atomic E-state index is 0.599. The maximum atomic E-state index is 4.34. The SMILES string of the molecule is C=CNC1=NCCN(C(C)C)C1. The highest BCUT2D eigenvalue weighted by Gasteiger charge is 2.14. The molecule has 0 saturated carbocycles. The number of nitrogens with zero attached hydrogens (tertiary/aromatic N) is 2. The van der Waals surface area contributed by atoms with E-state index in [4.69, 9.17) is 0 Å². The van der Waals surface area contributed by atoms with Gasteiger partial charge >= 0.3 is 0 Å². The van der Waals surface area contributed by atoms with E-state index in [-0.39, 0.29) is 0 Å². The molecule has 0 radical (unpaired) electrons. The van der Waals surface area contributed by atoms with Gasteiger partial charge in [-0.1, -0.05) is 6.58 Å². The molecule has 0 unspecified atom stereocenters. The number of rotatable bonds is 2. The van der Waals surface area contributed by atoms with Gasteiger partial charge in [0.2, 0.25) is 0 Å². The molecule has 1 heterocycles. The fourth-order valence-electron chi connectivity index (χ4n) is 1.28. The Labute approximate surface area is 74.2 Å². The first kappa shape index (κ1) is 9.26. The third kappa shape index (κ3) is 2.34. The molecule has 3 heteroatoms. The minimum Gasteiger partial charge on any atom is -0.350 e. The minimum atomic E-state index is 0.599. The molecule has 0 amide bonds. The highest BCUT2D eigenvalue weighted by atomic mass is 15.2. The number of hydrogen-bond acceptors (Lipinski definition) is 3. The molecular weight excluding hydrogens is 150 g/mol. The van der Waals surface area contributed by atoms with Gasteiger partial charge in [0.05, 0.1) is 13.1 Å². The summed E-state index contributed by atoms with van der Waals surface area (Å²) in [5, 5.41) is 3.04. The van der Waals surface area contributed by atoms with Crippen LogP contribution in [0.1, 0.15) is 13.8 Å². The lowest BCUT2D eigenvalue weighted by Gasteiger charge is -2.29. The topological polar surface area (TPSA) is 27.6 Å². The molecule has 0 spiro atoms. The molecule has 68 valence electrons. The Morgan fingerprint density at radius 1 is 1.67 bits per heavy atom. The first-order valence-electron chi connectivity index (χ1n) is 4.39. The molecule has 1 rings (SSSR count). The van der Waals surface area contributed by atoms with Crippen molar-refractivity contribution in [2.45, 2.75) is 19.9 Å². The van der Waals surface area contributed by atoms with Crippen molar-refractivity contribution in [2.75, 3.05) is 19.6 Å². The molecule has 0 aromatic heterocycles. The third-order valence-electron chi connectivity index (χ3n) is 2.04. The average molecular weight is 167 g/mol. The summed E-state index contributed by atoms with van der Waals surface area (Å²) in [7, 11) is 0. The zero-order valence-electron chi connectivity index (χ0n) is 7.88. The molecule has 0 aromatic rings. The van der Waals surface area contributed by atoms with Crippen LogP contribution in [0, 0.1) is 0 Å². The van der Waals surface area contributed by atoms with E-state index in [1.807, 2.05) is 0 Å². The van der Waals surface area contributed by atoms with Gasteiger partial charge in [-0.25, -0.2) is 0 Å². The van der Waals surface area contributed by atoms with Gasteiger partial charge in [-0.05, 0) is 20.0 Å². The van der Waals surface area contributed by atoms with Gasteiger partial charge in [0.15, 0.2) is 0 Å². The molecule has 1 aliphatic heterocycles. The van der Waals surface area contributed by atoms with Crippen LogP contribution in [0.15, 0.2) is 17.8 Å². The van der Waals surface area contributed by atoms with Crippen LogP contribution in [0.3, 0.4) is 0 Å². The normalized spacial score (nSPS) is 19.1. The van der Waals surface area contributed by atoms with Gasteiger partial charge in [0.1, 0.15) is 5.84 Å². The van der Waals surface area contributed by atoms with Gasteiger partial charge in [-0.3, -0.25) is 9.89 Å². The van der Waals surface area contributed by atoms with E-state index in [1.165, 1.54) is 0 Å². The first-order valence-corrected chi connectivity index (χ1v) is 4.39. The van der Waals surface area contributed by atoms with Crippen LogP contribution < -0.4 is 5.32 Å². The molecule has 0 fully saturated rings. The third-order valence-corrected chi connectivity index (χ3v) is 2.04. The second-order valence-corrected chi connectivity index (χ2v) is 3.24. The Morgan fingerprint density at radius 3 is 3.00 bits per heavy atom. The van der Waals surface area contributed by atoms with E-state index in [0.29, 0.717) is 6.04 Å². The molecular formula is C9H17N3. The summed E-state index contributed by atoms with van der Waals surface area (Å²) in [5.41, 5.74) is 0. The standard InChI is InChI=1S/C9H17N3/c1-4-10-9-7-12(8(2)3)6-5-11-9/h4,8H,1,5-7H2,2-3H3,(H,10,11). The maximum Gasteiger partial charge on any atom is 0.115 e. The van der Waals surface area contributed by atoms with E-state index in [9.17, 15) is 0 Å². The Balaban J connectivity index is 2.47. The zero-order chi connectivity index (χ0) is 8.97. The average Bonchev–Trinajstić information content (AvgIpc) is 2.05. The van der Waals surface area contributed by atoms with Crippen LogP contribution in [0.2, 0.25) is 0 Å². The van der Waals surface area contributed by atoms with Crippen molar-refractivity contribution in [1.82, 2.24) is 10.2 Å². The molecule has 1 N–H and O–H groups in total. The Morgan fingerprint density at radius 2 is 2.42 bits per heavy atom. The van der Waals surface area contributed by atoms with Gasteiger partial charge in [-0.2, -0.15) is 0 Å². The fourth-order valence-corrected chi connectivity index (χ4v) is 1.28. The van der Waals surface area contributed by atoms with Gasteiger partial charge < -0.3 is 5.32 Å². The molecule has 0 aliphatic carbocycles. The summed E-state index contributed by atoms with van der Waals surface area (Å²) in [6.45, 7) is 10.9. The van der Waals surface area contributed by atoms with Crippen molar-refractivity contribution in [1.29, 1.82) is 0 Å². The lowest BCUT2D eigenvalue weighted by Crippen LogP contribution is -2.44. The number of amidine groups is 1. The maximum absolute atomic E-state index is 4.34. The summed E-state index contributed by atoms with van der Waals surface area (Å²) in [4.78, 5) is 6.73. The van der Waals surface area contributed by atoms with E-state index in [1.54, 1.807) is 6.20 Å². The lowest BCUT2D eigenvalue weighted by atomic mass is 10.3. The lowest BCUT2D eigenvalue weighted by molar-refractivity contribution is 0.250. The quantitative estimate of drug-likeness (QED) is 0.660. The van der Waals surface area contributed by atoms with Crippen molar-refractivity contribution in [3.05, 3.63) is 12.8 Å². The number of aliphatic imine (C=N–C) groups is 1. The summed E-state index contributed by atoms with van der Waals surface area (Å²) >= 11 is 0. The zero-order valence-corrected chi connectivity index (χ0v) is 7.88. The van der Waals surface area contributed by atoms with Crippen molar-refractivity contribution in [3.8, 4) is 0 Å². The Hall–Kier alpha value is -0.830. The van der Waals surface area contributed by atoms with Crippen LogP contribution in [-0.4, -0.2) is 36.4 Å². The van der Waals surface area contributed by atoms with E-state index < -0.39 is 0 Å². The van der Waals surface area contributed by atoms with Crippen LogP contribution >= 0.6 is 0 Å². The molecule has 0 atom stereocenters. The van der Waals surface area contributed by atoms with Crippen LogP contribution in [0.4, 0.5) is 0 Å². The van der Waals surface area contributed by atoms with Crippen molar-refractivity contribution < 1.29 is 0 Å².